The largest absolute Gasteiger partial charge is 0.508 e. The monoisotopic (exact) mass is 1280 g/mol. The number of aliphatic hydroxyl groups excluding tert-OH is 2. The number of aromatic hydroxyl groups is 2. The second-order valence-corrected chi connectivity index (χ2v) is 22.9. The minimum absolute atomic E-state index is 0.0517. The first-order chi connectivity index (χ1) is 41.6. The third-order valence-electron chi connectivity index (χ3n) is 15.0. The number of nitrogens with one attached hydrogen (secondary N) is 8. The molecule has 5 heterocycles. The van der Waals surface area contributed by atoms with Gasteiger partial charge in [-0.15, -0.1) is 0 Å². The molecule has 7 amide bonds. The van der Waals surface area contributed by atoms with Crippen LogP contribution in [0.25, 0.3) is 11.1 Å². The van der Waals surface area contributed by atoms with Crippen LogP contribution >= 0.6 is 31.8 Å². The van der Waals surface area contributed by atoms with E-state index < -0.39 is 176 Å². The van der Waals surface area contributed by atoms with Gasteiger partial charge in [0.15, 0.2) is 17.5 Å². The molecule has 5 aliphatic heterocycles. The fourth-order valence-corrected chi connectivity index (χ4v) is 11.4. The summed E-state index contributed by atoms with van der Waals surface area (Å²) in [5.41, 5.74) is 2.31. The van der Waals surface area contributed by atoms with E-state index in [2.05, 4.69) is 42.5 Å². The number of primary amides is 1. The number of carboxylic acid groups (broad SMARTS) is 1. The fourth-order valence-electron chi connectivity index (χ4n) is 10.7. The Morgan fingerprint density at radius 3 is 1.91 bits per heavy atom. The van der Waals surface area contributed by atoms with Crippen molar-refractivity contribution in [2.24, 2.45) is 11.7 Å². The second kappa shape index (κ2) is 25.8. The van der Waals surface area contributed by atoms with E-state index in [0.29, 0.717) is 0 Å². The fraction of sp³-hybridized carbons (Fsp3) is 0.321. The maximum atomic E-state index is 15.6. The summed E-state index contributed by atoms with van der Waals surface area (Å²) in [5.74, 6) is -17.0. The molecule has 88 heavy (non-hydrogen) atoms. The molecule has 0 unspecified atom stereocenters. The highest BCUT2D eigenvalue weighted by molar-refractivity contribution is 7.39. The third-order valence-corrected chi connectivity index (χ3v) is 15.9. The number of carbonyl (C=O) groups is 8. The van der Waals surface area contributed by atoms with Crippen molar-refractivity contribution in [2.45, 2.75) is 93.5 Å². The number of carbonyl (C=O) groups excluding carboxylic acids is 7. The average Bonchev–Trinajstić information content (AvgIpc) is 1.63. The van der Waals surface area contributed by atoms with Gasteiger partial charge in [0.05, 0.1) is 22.5 Å². The number of phenols is 2. The van der Waals surface area contributed by atoms with Crippen LogP contribution in [0.5, 0.6) is 34.5 Å². The van der Waals surface area contributed by atoms with Gasteiger partial charge >= 0.3 is 14.6 Å². The molecule has 11 rings (SSSR count). The number of hydrogen-bond donors (Lipinski definition) is 18. The Bertz CT molecular complexity index is 3690. The zero-order valence-corrected chi connectivity index (χ0v) is 48.7. The number of ether oxygens (including phenoxy) is 2. The first kappa shape index (κ1) is 64.2. The molecule has 9 atom stereocenters. The highest BCUT2D eigenvalue weighted by Crippen LogP contribution is 2.54. The van der Waals surface area contributed by atoms with Crippen molar-refractivity contribution in [3.8, 4) is 45.6 Å². The number of amides is 7. The molecule has 1 aliphatic carbocycles. The number of hydrogen-bond acceptors (Lipinski definition) is 21. The Balaban J connectivity index is 1.26. The first-order valence-electron chi connectivity index (χ1n) is 26.8. The summed E-state index contributed by atoms with van der Waals surface area (Å²) in [6, 6.07) is -0.387. The molecule has 0 fully saturated rings. The van der Waals surface area contributed by atoms with Crippen molar-refractivity contribution in [1.29, 1.82) is 0 Å². The van der Waals surface area contributed by atoms with Crippen LogP contribution in [-0.4, -0.2) is 131 Å². The summed E-state index contributed by atoms with van der Waals surface area (Å²) in [4.78, 5) is 134. The number of carboxylic acids is 1. The number of aliphatic carboxylic acids is 1. The minimum atomic E-state index is -3.14. The number of benzene rings is 5. The van der Waals surface area contributed by atoms with E-state index in [1.54, 1.807) is 0 Å². The van der Waals surface area contributed by atoms with E-state index in [1.807, 2.05) is 13.8 Å². The Labute approximate surface area is 509 Å². The summed E-state index contributed by atoms with van der Waals surface area (Å²) in [6.07, 6.45) is -4.88. The summed E-state index contributed by atoms with van der Waals surface area (Å²) in [5, 5.41) is 102. The number of nitrogens with two attached hydrogens (primary N) is 1. The van der Waals surface area contributed by atoms with Gasteiger partial charge in [0.2, 0.25) is 52.9 Å². The molecule has 0 saturated carbocycles. The standard InChI is InChI=1S/C56H58Cl2N9O20P/c1-20(2)10-31(60-3)49(73)66-44-46(70)22-5-8-34(29(57)12-22)86-36-14-24-15-37(48(36)72)87-35-9-6-23(13-30(35)58)47(71)45-54(78)65-43(55(79)80)26-16-33(68)27(18-61-19-85-88(83)84)40-39(26)25-11-21(4-7-28(25)56(40,81)82)41(51(75)67-45)64-52(76)42(24)63-50(74)32(17-38(59)69)62-53(44)77/h4-9,11-16,20,31-32,41-47,60-61,68,70-72,81-84H,10,17-19H2,1-3H3,(H2,59,69)(H,62,77)(H,63,74)(H,64,76)(H,65,78)(H,66,73)(H,67,75)(H,79,80)/t31-,32+,41-,42-,43+,44-,45+,46-,47-/m1/s1. The molecule has 29 nitrogen and oxygen atoms in total. The predicted octanol–water partition coefficient (Wildman–Crippen LogP) is 0.759. The molecule has 5 aromatic carbocycles. The van der Waals surface area contributed by atoms with E-state index in [-0.39, 0.29) is 72.8 Å². The van der Waals surface area contributed by atoms with Crippen LogP contribution in [0, 0.1) is 5.92 Å². The molecule has 0 radical (unpaired) electrons. The van der Waals surface area contributed by atoms with Crippen LogP contribution in [0.15, 0.2) is 72.8 Å². The number of fused-ring (bicyclic) bond motifs is 12. The number of rotatable bonds is 13. The van der Waals surface area contributed by atoms with Crippen molar-refractivity contribution < 1.29 is 97.9 Å². The maximum absolute atomic E-state index is 15.6. The van der Waals surface area contributed by atoms with Crippen LogP contribution in [0.2, 0.25) is 10.0 Å². The Morgan fingerprint density at radius 2 is 1.33 bits per heavy atom. The van der Waals surface area contributed by atoms with Crippen molar-refractivity contribution in [1.82, 2.24) is 42.5 Å². The molecule has 19 N–H and O–H groups in total. The van der Waals surface area contributed by atoms with Crippen LogP contribution in [0.4, 0.5) is 0 Å². The van der Waals surface area contributed by atoms with E-state index in [1.165, 1.54) is 31.3 Å². The highest BCUT2D eigenvalue weighted by Gasteiger charge is 2.48. The lowest BCUT2D eigenvalue weighted by Gasteiger charge is -2.31. The van der Waals surface area contributed by atoms with E-state index in [0.717, 1.165) is 48.5 Å². The normalized spacial score (nSPS) is 22.5. The Hall–Kier alpha value is -8.29. The molecule has 466 valence electrons. The molecule has 0 aromatic heterocycles. The predicted molar refractivity (Wildman–Crippen MR) is 306 cm³/mol. The van der Waals surface area contributed by atoms with Crippen LogP contribution in [-0.2, 0) is 55.2 Å². The number of phenolic OH excluding ortho intramolecular Hbond substituents is 2. The second-order valence-electron chi connectivity index (χ2n) is 21.3. The minimum Gasteiger partial charge on any atom is -0.508 e. The zero-order chi connectivity index (χ0) is 64.0. The van der Waals surface area contributed by atoms with Crippen molar-refractivity contribution in [2.75, 3.05) is 13.8 Å². The van der Waals surface area contributed by atoms with Crippen molar-refractivity contribution in [3.05, 3.63) is 127 Å². The average molecular weight is 1280 g/mol. The van der Waals surface area contributed by atoms with Crippen molar-refractivity contribution >= 4 is 79.1 Å². The molecular weight excluding hydrogens is 1220 g/mol. The number of halogens is 2. The molecule has 0 saturated heterocycles. The SMILES string of the molecule is CN[C@H](CC(C)C)C(=O)N[C@H]1C(=O)N[C@@H](CC(N)=O)C(=O)N[C@H]2C(=O)N[C@H]3C(=O)N[C@H](C(=O)N[C@H](C(=O)O)c4cc(O)c(CNCOP(O)O)c5c4-c4cc3ccc4C5(O)O)[C@H](O)c3ccc(c(Cl)c3)Oc3cc2cc(c3O)Oc2ccc(cc2Cl)[C@H]1O. The molecule has 6 aliphatic rings. The Morgan fingerprint density at radius 1 is 0.739 bits per heavy atom. The van der Waals surface area contributed by atoms with Gasteiger partial charge in [0.1, 0.15) is 66.4 Å². The lowest BCUT2D eigenvalue weighted by molar-refractivity contribution is -0.143. The Kier molecular flexibility index (Phi) is 18.8. The van der Waals surface area contributed by atoms with Gasteiger partial charge in [-0.25, -0.2) is 4.79 Å². The summed E-state index contributed by atoms with van der Waals surface area (Å²) in [7, 11) is -1.40. The molecule has 32 heteroatoms. The topological polar surface area (TPSA) is 469 Å². The third kappa shape index (κ3) is 13.0. The summed E-state index contributed by atoms with van der Waals surface area (Å²) in [6.45, 7) is 2.57. The van der Waals surface area contributed by atoms with E-state index in [9.17, 15) is 74.3 Å². The van der Waals surface area contributed by atoms with Gasteiger partial charge < -0.3 is 98.0 Å². The smallest absolute Gasteiger partial charge is 0.330 e. The molecule has 0 spiro atoms. The van der Waals surface area contributed by atoms with Gasteiger partial charge in [-0.1, -0.05) is 61.3 Å². The maximum Gasteiger partial charge on any atom is 0.330 e. The van der Waals surface area contributed by atoms with Gasteiger partial charge in [-0.2, -0.15) is 0 Å². The van der Waals surface area contributed by atoms with Crippen LogP contribution in [0.3, 0.4) is 0 Å². The summed E-state index contributed by atoms with van der Waals surface area (Å²) >= 11 is 13.6. The van der Waals surface area contributed by atoms with Gasteiger partial charge in [-0.05, 0) is 107 Å². The highest BCUT2D eigenvalue weighted by atomic mass is 35.5. The molecule has 11 bridgehead atoms. The molecule has 5 aromatic rings. The van der Waals surface area contributed by atoms with Crippen LogP contribution in [0.1, 0.15) is 102 Å². The van der Waals surface area contributed by atoms with E-state index in [4.69, 9.17) is 42.9 Å². The first-order valence-corrected chi connectivity index (χ1v) is 28.7. The lowest BCUT2D eigenvalue weighted by atomic mass is 9.88. The number of likely N-dealkylation sites (N-methyl/N-ethyl adjacent to an activating group) is 1. The van der Waals surface area contributed by atoms with Crippen LogP contribution < -0.4 is 57.7 Å². The summed E-state index contributed by atoms with van der Waals surface area (Å²) < 4.78 is 17.1. The van der Waals surface area contributed by atoms with Gasteiger partial charge in [-0.3, -0.25) is 43.4 Å². The molecular formula is C56H58Cl2N9O20P. The quantitative estimate of drug-likeness (QED) is 0.0439. The van der Waals surface area contributed by atoms with Gasteiger partial charge in [0.25, 0.3) is 0 Å². The van der Waals surface area contributed by atoms with Crippen molar-refractivity contribution in [3.63, 3.8) is 0 Å². The number of aliphatic hydroxyl groups is 4. The zero-order valence-electron chi connectivity index (χ0n) is 46.3. The lowest BCUT2D eigenvalue weighted by Crippen LogP contribution is -2.59. The van der Waals surface area contributed by atoms with Gasteiger partial charge in [0, 0.05) is 23.2 Å². The van der Waals surface area contributed by atoms with E-state index >= 15 is 9.59 Å².